The second-order valence-corrected chi connectivity index (χ2v) is 3.22. The third-order valence-electron chi connectivity index (χ3n) is 2.15. The zero-order valence-corrected chi connectivity index (χ0v) is 7.85. The fourth-order valence-electron chi connectivity index (χ4n) is 1.43. The number of carboxylic acids is 1. The molecule has 2 heterocycles. The molecule has 2 aromatic heterocycles. The second kappa shape index (κ2) is 3.68. The van der Waals surface area contributed by atoms with Gasteiger partial charge in [-0.3, -0.25) is 4.79 Å². The van der Waals surface area contributed by atoms with Gasteiger partial charge in [-0.2, -0.15) is 0 Å². The molecule has 0 spiro atoms. The summed E-state index contributed by atoms with van der Waals surface area (Å²) < 4.78 is 14.5. The van der Waals surface area contributed by atoms with Gasteiger partial charge in [0.05, 0.1) is 6.42 Å². The number of carbonyl (C=O) groups is 1. The number of hydrogen-bond acceptors (Lipinski definition) is 2. The molecule has 0 saturated heterocycles. The molecule has 78 valence electrons. The topological polar surface area (TPSA) is 54.6 Å². The zero-order valence-electron chi connectivity index (χ0n) is 7.85. The van der Waals surface area contributed by atoms with Crippen molar-refractivity contribution in [3.05, 3.63) is 36.0 Å². The van der Waals surface area contributed by atoms with Crippen molar-refractivity contribution in [1.82, 2.24) is 9.38 Å². The smallest absolute Gasteiger partial charge is 0.303 e. The van der Waals surface area contributed by atoms with Gasteiger partial charge < -0.3 is 9.51 Å². The van der Waals surface area contributed by atoms with Crippen LogP contribution in [-0.4, -0.2) is 20.5 Å². The van der Waals surface area contributed by atoms with Crippen molar-refractivity contribution in [1.29, 1.82) is 0 Å². The summed E-state index contributed by atoms with van der Waals surface area (Å²) in [5, 5.41) is 8.54. The molecular formula is C10H9FN2O2. The number of halogens is 1. The first-order chi connectivity index (χ1) is 7.16. The first-order valence-corrected chi connectivity index (χ1v) is 4.50. The van der Waals surface area contributed by atoms with Gasteiger partial charge in [-0.15, -0.1) is 0 Å². The summed E-state index contributed by atoms with van der Waals surface area (Å²) in [6.07, 6.45) is 3.56. The molecule has 0 bridgehead atoms. The van der Waals surface area contributed by atoms with Gasteiger partial charge in [-0.1, -0.05) is 0 Å². The molecule has 0 aromatic carbocycles. The Bertz CT molecular complexity index is 507. The fourth-order valence-corrected chi connectivity index (χ4v) is 1.43. The number of aromatic nitrogens is 2. The van der Waals surface area contributed by atoms with Crippen LogP contribution >= 0.6 is 0 Å². The van der Waals surface area contributed by atoms with Gasteiger partial charge in [-0.05, 0) is 6.07 Å². The Labute approximate surface area is 85.0 Å². The normalized spacial score (nSPS) is 10.7. The van der Waals surface area contributed by atoms with E-state index in [1.54, 1.807) is 16.8 Å². The van der Waals surface area contributed by atoms with Gasteiger partial charge in [0.15, 0.2) is 0 Å². The van der Waals surface area contributed by atoms with Crippen LogP contribution in [-0.2, 0) is 11.2 Å². The zero-order chi connectivity index (χ0) is 10.8. The summed E-state index contributed by atoms with van der Waals surface area (Å²) >= 11 is 0. The molecule has 0 aliphatic heterocycles. The number of nitrogens with zero attached hydrogens (tertiary/aromatic N) is 2. The fraction of sp³-hybridized carbons (Fsp3) is 0.200. The van der Waals surface area contributed by atoms with Crippen molar-refractivity contribution in [2.75, 3.05) is 0 Å². The predicted molar refractivity (Wildman–Crippen MR) is 51.1 cm³/mol. The number of pyridine rings is 1. The number of aliphatic carboxylic acids is 1. The first-order valence-electron chi connectivity index (χ1n) is 4.50. The number of rotatable bonds is 3. The molecule has 1 N–H and O–H groups in total. The molecule has 0 radical (unpaired) electrons. The van der Waals surface area contributed by atoms with Crippen molar-refractivity contribution >= 4 is 11.6 Å². The Kier molecular flexibility index (Phi) is 2.37. The summed E-state index contributed by atoms with van der Waals surface area (Å²) in [5.74, 6) is -1.20. The van der Waals surface area contributed by atoms with Crippen molar-refractivity contribution < 1.29 is 14.3 Å². The summed E-state index contributed by atoms with van der Waals surface area (Å²) in [5.41, 5.74) is 1.27. The molecule has 5 heteroatoms. The molecule has 0 aliphatic carbocycles. The lowest BCUT2D eigenvalue weighted by Gasteiger charge is -1.99. The van der Waals surface area contributed by atoms with Gasteiger partial charge in [0.25, 0.3) is 0 Å². The van der Waals surface area contributed by atoms with Crippen molar-refractivity contribution in [3.8, 4) is 0 Å². The van der Waals surface area contributed by atoms with Gasteiger partial charge >= 0.3 is 5.97 Å². The molecule has 0 fully saturated rings. The van der Waals surface area contributed by atoms with E-state index in [9.17, 15) is 9.18 Å². The summed E-state index contributed by atoms with van der Waals surface area (Å²) in [7, 11) is 0. The van der Waals surface area contributed by atoms with Crippen LogP contribution in [0.2, 0.25) is 0 Å². The lowest BCUT2D eigenvalue weighted by molar-refractivity contribution is -0.136. The van der Waals surface area contributed by atoms with Crippen LogP contribution in [0.1, 0.15) is 12.1 Å². The molecule has 0 saturated carbocycles. The third kappa shape index (κ3) is 1.96. The van der Waals surface area contributed by atoms with E-state index in [4.69, 9.17) is 5.11 Å². The standard InChI is InChI=1S/C10H9FN2O2/c11-7-3-4-13-8(1-2-10(14)15)6-12-9(13)5-7/h3-6H,1-2H2,(H,14,15). The lowest BCUT2D eigenvalue weighted by Crippen LogP contribution is -2.00. The van der Waals surface area contributed by atoms with Gasteiger partial charge in [0, 0.05) is 30.6 Å². The van der Waals surface area contributed by atoms with Crippen LogP contribution in [0.25, 0.3) is 5.65 Å². The number of fused-ring (bicyclic) bond motifs is 1. The SMILES string of the molecule is O=C(O)CCc1cnc2cc(F)ccn12. The maximum absolute atomic E-state index is 12.8. The Morgan fingerprint density at radius 3 is 3.13 bits per heavy atom. The van der Waals surface area contributed by atoms with E-state index in [-0.39, 0.29) is 12.2 Å². The molecule has 15 heavy (non-hydrogen) atoms. The van der Waals surface area contributed by atoms with Crippen LogP contribution in [0, 0.1) is 5.82 Å². The summed E-state index contributed by atoms with van der Waals surface area (Å²) in [6, 6.07) is 2.63. The number of imidazole rings is 1. The van der Waals surface area contributed by atoms with E-state index in [2.05, 4.69) is 4.98 Å². The van der Waals surface area contributed by atoms with Crippen molar-refractivity contribution in [2.24, 2.45) is 0 Å². The van der Waals surface area contributed by atoms with Crippen molar-refractivity contribution in [3.63, 3.8) is 0 Å². The minimum absolute atomic E-state index is 0.0468. The highest BCUT2D eigenvalue weighted by Crippen LogP contribution is 2.10. The van der Waals surface area contributed by atoms with Gasteiger partial charge in [0.1, 0.15) is 11.5 Å². The first kappa shape index (κ1) is 9.64. The van der Waals surface area contributed by atoms with Crippen LogP contribution in [0.15, 0.2) is 24.5 Å². The molecule has 2 aromatic rings. The van der Waals surface area contributed by atoms with E-state index in [0.717, 1.165) is 5.69 Å². The molecule has 4 nitrogen and oxygen atoms in total. The third-order valence-corrected chi connectivity index (χ3v) is 2.15. The van der Waals surface area contributed by atoms with Crippen LogP contribution in [0.5, 0.6) is 0 Å². The minimum Gasteiger partial charge on any atom is -0.481 e. The summed E-state index contributed by atoms with van der Waals surface area (Å²) in [6.45, 7) is 0. The van der Waals surface area contributed by atoms with E-state index in [1.165, 1.54) is 12.1 Å². The average Bonchev–Trinajstić information content (AvgIpc) is 2.57. The quantitative estimate of drug-likeness (QED) is 0.831. The van der Waals surface area contributed by atoms with Gasteiger partial charge in [0.2, 0.25) is 0 Å². The Hall–Kier alpha value is -1.91. The minimum atomic E-state index is -0.855. The average molecular weight is 208 g/mol. The molecule has 0 unspecified atom stereocenters. The van der Waals surface area contributed by atoms with Crippen LogP contribution in [0.4, 0.5) is 4.39 Å². The van der Waals surface area contributed by atoms with E-state index >= 15 is 0 Å². The molecule has 0 amide bonds. The highest BCUT2D eigenvalue weighted by molar-refractivity contribution is 5.67. The Morgan fingerprint density at radius 1 is 1.60 bits per heavy atom. The maximum atomic E-state index is 12.8. The van der Waals surface area contributed by atoms with Crippen molar-refractivity contribution in [2.45, 2.75) is 12.8 Å². The lowest BCUT2D eigenvalue weighted by atomic mass is 10.2. The van der Waals surface area contributed by atoms with Crippen LogP contribution < -0.4 is 0 Å². The number of hydrogen-bond donors (Lipinski definition) is 1. The highest BCUT2D eigenvalue weighted by atomic mass is 19.1. The van der Waals surface area contributed by atoms with E-state index in [1.807, 2.05) is 0 Å². The largest absolute Gasteiger partial charge is 0.481 e. The maximum Gasteiger partial charge on any atom is 0.303 e. The van der Waals surface area contributed by atoms with E-state index < -0.39 is 5.97 Å². The molecule has 2 rings (SSSR count). The second-order valence-electron chi connectivity index (χ2n) is 3.22. The summed E-state index contributed by atoms with van der Waals surface area (Å²) in [4.78, 5) is 14.4. The Balaban J connectivity index is 2.32. The van der Waals surface area contributed by atoms with Gasteiger partial charge in [-0.25, -0.2) is 9.37 Å². The van der Waals surface area contributed by atoms with E-state index in [0.29, 0.717) is 12.1 Å². The number of aryl methyl sites for hydroxylation is 1. The Morgan fingerprint density at radius 2 is 2.40 bits per heavy atom. The molecule has 0 aliphatic rings. The highest BCUT2D eigenvalue weighted by Gasteiger charge is 2.05. The number of carboxylic acid groups (broad SMARTS) is 1. The predicted octanol–water partition coefficient (Wildman–Crippen LogP) is 1.49. The molecule has 0 atom stereocenters. The van der Waals surface area contributed by atoms with Crippen LogP contribution in [0.3, 0.4) is 0 Å². The monoisotopic (exact) mass is 208 g/mol. The molecular weight excluding hydrogens is 199 g/mol.